The highest BCUT2D eigenvalue weighted by Crippen LogP contribution is 2.25. The molecule has 0 saturated carbocycles. The number of aryl methyl sites for hydroxylation is 1. The van der Waals surface area contributed by atoms with Crippen molar-refractivity contribution in [3.8, 4) is 11.1 Å². The zero-order valence-corrected chi connectivity index (χ0v) is 13.9. The van der Waals surface area contributed by atoms with Gasteiger partial charge in [-0.15, -0.1) is 0 Å². The maximum absolute atomic E-state index is 12.7. The van der Waals surface area contributed by atoms with E-state index in [1.807, 2.05) is 53.2 Å². The number of aromatic nitrogens is 2. The molecule has 0 spiro atoms. The van der Waals surface area contributed by atoms with E-state index >= 15 is 0 Å². The van der Waals surface area contributed by atoms with Crippen molar-refractivity contribution in [3.63, 3.8) is 0 Å². The van der Waals surface area contributed by atoms with Gasteiger partial charge in [0.15, 0.2) is 0 Å². The summed E-state index contributed by atoms with van der Waals surface area (Å²) in [6.45, 7) is 3.09. The van der Waals surface area contributed by atoms with Crippen molar-refractivity contribution < 1.29 is 8.78 Å². The maximum atomic E-state index is 12.7. The second kappa shape index (κ2) is 7.43. The van der Waals surface area contributed by atoms with Gasteiger partial charge in [-0.25, -0.2) is 0 Å². The highest BCUT2D eigenvalue weighted by atomic mass is 19.3. The van der Waals surface area contributed by atoms with Crippen molar-refractivity contribution in [1.29, 1.82) is 0 Å². The zero-order valence-electron chi connectivity index (χ0n) is 13.9. The highest BCUT2D eigenvalue weighted by Gasteiger charge is 2.18. The Bertz CT molecular complexity index is 794. The quantitative estimate of drug-likeness (QED) is 0.874. The van der Waals surface area contributed by atoms with Crippen molar-refractivity contribution in [2.24, 2.45) is 10.8 Å². The molecule has 0 saturated heterocycles. The van der Waals surface area contributed by atoms with Crippen molar-refractivity contribution >= 4 is 12.0 Å². The van der Waals surface area contributed by atoms with E-state index < -0.39 is 6.08 Å². The molecule has 1 aromatic heterocycles. The lowest BCUT2D eigenvalue weighted by Gasteiger charge is -2.20. The molecule has 0 fully saturated rings. The lowest BCUT2D eigenvalue weighted by Crippen LogP contribution is -2.29. The van der Waals surface area contributed by atoms with E-state index in [4.69, 9.17) is 5.73 Å². The molecule has 2 aromatic rings. The van der Waals surface area contributed by atoms with Crippen molar-refractivity contribution in [1.82, 2.24) is 14.8 Å². The number of hydrogen-bond donors (Lipinski definition) is 1. The van der Waals surface area contributed by atoms with Gasteiger partial charge >= 0.3 is 0 Å². The smallest absolute Gasteiger partial charge is 0.272 e. The van der Waals surface area contributed by atoms with Crippen LogP contribution in [0.4, 0.5) is 14.5 Å². The largest absolute Gasteiger partial charge is 0.327 e. The summed E-state index contributed by atoms with van der Waals surface area (Å²) in [6.07, 6.45) is 3.73. The molecule has 0 aliphatic carbocycles. The minimum atomic E-state index is -1.73. The first-order valence-corrected chi connectivity index (χ1v) is 8.02. The maximum Gasteiger partial charge on any atom is 0.272 e. The van der Waals surface area contributed by atoms with Crippen LogP contribution >= 0.6 is 0 Å². The van der Waals surface area contributed by atoms with Gasteiger partial charge in [-0.3, -0.25) is 9.69 Å². The topological polar surface area (TPSA) is 62.7 Å². The van der Waals surface area contributed by atoms with E-state index in [1.54, 1.807) is 11.3 Å². The van der Waals surface area contributed by atoms with Crippen LogP contribution in [0.3, 0.4) is 0 Å². The van der Waals surface area contributed by atoms with E-state index in [0.29, 0.717) is 6.67 Å². The molecule has 8 heteroatoms. The van der Waals surface area contributed by atoms with Gasteiger partial charge in [0.2, 0.25) is 0 Å². The van der Waals surface area contributed by atoms with E-state index in [0.717, 1.165) is 23.4 Å². The van der Waals surface area contributed by atoms with E-state index in [2.05, 4.69) is 10.2 Å². The fraction of sp³-hybridized carbons (Fsp3) is 0.294. The first kappa shape index (κ1) is 17.1. The second-order valence-corrected chi connectivity index (χ2v) is 5.71. The number of anilines is 1. The number of hydrazone groups is 1. The third-order valence-electron chi connectivity index (χ3n) is 4.03. The molecule has 1 aliphatic rings. The van der Waals surface area contributed by atoms with Gasteiger partial charge in [-0.2, -0.15) is 19.0 Å². The number of rotatable bonds is 6. The van der Waals surface area contributed by atoms with Crippen LogP contribution in [0.5, 0.6) is 0 Å². The normalized spacial score (nSPS) is 13.6. The average Bonchev–Trinajstić information content (AvgIpc) is 3.29. The Morgan fingerprint density at radius 2 is 2.12 bits per heavy atom. The van der Waals surface area contributed by atoms with Gasteiger partial charge in [-0.1, -0.05) is 12.1 Å². The molecule has 0 unspecified atom stereocenters. The van der Waals surface area contributed by atoms with Gasteiger partial charge in [0.25, 0.3) is 6.08 Å². The van der Waals surface area contributed by atoms with Crippen LogP contribution in [0.15, 0.2) is 53.4 Å². The minimum absolute atomic E-state index is 0.0226. The average molecular weight is 346 g/mol. The number of nitrogens with zero attached hydrogens (tertiary/aromatic N) is 5. The first-order chi connectivity index (χ1) is 12.1. The van der Waals surface area contributed by atoms with Crippen LogP contribution in [0, 0.1) is 0 Å². The lowest BCUT2D eigenvalue weighted by molar-refractivity contribution is 0.326. The highest BCUT2D eigenvalue weighted by molar-refractivity contribution is 5.82. The Kier molecular flexibility index (Phi) is 5.08. The third-order valence-corrected chi connectivity index (χ3v) is 4.03. The van der Waals surface area contributed by atoms with Crippen molar-refractivity contribution in [2.75, 3.05) is 24.7 Å². The van der Waals surface area contributed by atoms with Crippen LogP contribution in [0.1, 0.15) is 6.92 Å². The van der Waals surface area contributed by atoms with Crippen LogP contribution in [-0.4, -0.2) is 40.9 Å². The third kappa shape index (κ3) is 3.85. The SMILES string of the molecule is CCn1cc(-c2cccc(N3C=NN(CC(CN)=C(F)F)C3)c2)cn1. The molecule has 25 heavy (non-hydrogen) atoms. The molecule has 0 amide bonds. The Morgan fingerprint density at radius 3 is 2.80 bits per heavy atom. The zero-order chi connectivity index (χ0) is 17.8. The van der Waals surface area contributed by atoms with Crippen LogP contribution < -0.4 is 10.6 Å². The Hall–Kier alpha value is -2.74. The Morgan fingerprint density at radius 1 is 1.28 bits per heavy atom. The molecule has 1 aromatic carbocycles. The fourth-order valence-corrected chi connectivity index (χ4v) is 2.59. The second-order valence-electron chi connectivity index (χ2n) is 5.71. The predicted molar refractivity (Wildman–Crippen MR) is 94.2 cm³/mol. The number of nitrogens with two attached hydrogens (primary N) is 1. The summed E-state index contributed by atoms with van der Waals surface area (Å²) >= 11 is 0. The fourth-order valence-electron chi connectivity index (χ4n) is 2.59. The van der Waals surface area contributed by atoms with Gasteiger partial charge in [0, 0.05) is 36.1 Å². The van der Waals surface area contributed by atoms with Crippen LogP contribution in [0.2, 0.25) is 0 Å². The monoisotopic (exact) mass is 346 g/mol. The molecule has 0 radical (unpaired) electrons. The summed E-state index contributed by atoms with van der Waals surface area (Å²) in [5.74, 6) is 0. The summed E-state index contributed by atoms with van der Waals surface area (Å²) in [5, 5.41) is 10.0. The number of hydrogen-bond acceptors (Lipinski definition) is 5. The van der Waals surface area contributed by atoms with Gasteiger partial charge in [-0.05, 0) is 24.6 Å². The van der Waals surface area contributed by atoms with E-state index in [9.17, 15) is 8.78 Å². The standard InChI is InChI=1S/C17H20F2N6/c1-2-24-10-15(8-21-24)13-4-3-5-16(6-13)23-11-22-25(12-23)9-14(7-20)17(18)19/h3-6,8,10-11H,2,7,9,12,20H2,1H3. The summed E-state index contributed by atoms with van der Waals surface area (Å²) in [6, 6.07) is 7.96. The minimum Gasteiger partial charge on any atom is -0.327 e. The summed E-state index contributed by atoms with van der Waals surface area (Å²) in [5.41, 5.74) is 8.27. The summed E-state index contributed by atoms with van der Waals surface area (Å²) in [4.78, 5) is 1.90. The lowest BCUT2D eigenvalue weighted by atomic mass is 10.1. The Labute approximate surface area is 144 Å². The van der Waals surface area contributed by atoms with Crippen LogP contribution in [-0.2, 0) is 6.54 Å². The van der Waals surface area contributed by atoms with Gasteiger partial charge < -0.3 is 10.6 Å². The molecular weight excluding hydrogens is 326 g/mol. The number of halogens is 2. The molecule has 0 bridgehead atoms. The summed E-state index contributed by atoms with van der Waals surface area (Å²) < 4.78 is 27.4. The van der Waals surface area contributed by atoms with Gasteiger partial charge in [0.05, 0.1) is 12.7 Å². The molecule has 2 N–H and O–H groups in total. The molecule has 132 valence electrons. The molecule has 3 rings (SSSR count). The predicted octanol–water partition coefficient (Wildman–Crippen LogP) is 2.70. The first-order valence-electron chi connectivity index (χ1n) is 8.02. The molecular formula is C17H20F2N6. The van der Waals surface area contributed by atoms with Gasteiger partial charge in [0.1, 0.15) is 13.0 Å². The van der Waals surface area contributed by atoms with E-state index in [1.165, 1.54) is 0 Å². The molecule has 1 aliphatic heterocycles. The molecule has 0 atom stereocenters. The van der Waals surface area contributed by atoms with Crippen molar-refractivity contribution in [2.45, 2.75) is 13.5 Å². The van der Waals surface area contributed by atoms with Crippen LogP contribution in [0.25, 0.3) is 11.1 Å². The Balaban J connectivity index is 1.72. The molecule has 2 heterocycles. The van der Waals surface area contributed by atoms with E-state index in [-0.39, 0.29) is 18.7 Å². The molecule has 6 nitrogen and oxygen atoms in total. The summed E-state index contributed by atoms with van der Waals surface area (Å²) in [7, 11) is 0. The number of benzene rings is 1. The van der Waals surface area contributed by atoms with Crippen molar-refractivity contribution in [3.05, 3.63) is 48.3 Å².